The van der Waals surface area contributed by atoms with Crippen molar-refractivity contribution < 1.29 is 9.53 Å². The minimum absolute atomic E-state index is 0.0696. The number of fused-ring (bicyclic) bond motifs is 1. The average Bonchev–Trinajstić information content (AvgIpc) is 3.05. The van der Waals surface area contributed by atoms with Crippen LogP contribution in [0, 0.1) is 0 Å². The van der Waals surface area contributed by atoms with Gasteiger partial charge in [0.2, 0.25) is 5.91 Å². The van der Waals surface area contributed by atoms with E-state index in [9.17, 15) is 4.79 Å². The van der Waals surface area contributed by atoms with Crippen molar-refractivity contribution in [2.24, 2.45) is 0 Å². The van der Waals surface area contributed by atoms with Gasteiger partial charge in [0.25, 0.3) is 0 Å². The van der Waals surface area contributed by atoms with E-state index in [1.54, 1.807) is 0 Å². The Morgan fingerprint density at radius 1 is 1.42 bits per heavy atom. The number of amides is 1. The zero-order chi connectivity index (χ0) is 13.1. The van der Waals surface area contributed by atoms with Crippen LogP contribution in [-0.4, -0.2) is 47.7 Å². The summed E-state index contributed by atoms with van der Waals surface area (Å²) in [7, 11) is 0. The molecule has 0 unspecified atom stereocenters. The van der Waals surface area contributed by atoms with Gasteiger partial charge in [0, 0.05) is 44.6 Å². The number of nitrogens with one attached hydrogen (secondary N) is 1. The van der Waals surface area contributed by atoms with Gasteiger partial charge < -0.3 is 19.5 Å². The summed E-state index contributed by atoms with van der Waals surface area (Å²) in [6, 6.07) is 4.17. The van der Waals surface area contributed by atoms with Gasteiger partial charge >= 0.3 is 0 Å². The molecule has 1 N–H and O–H groups in total. The first-order chi connectivity index (χ1) is 9.33. The van der Waals surface area contributed by atoms with E-state index in [0.29, 0.717) is 0 Å². The Balaban J connectivity index is 1.51. The number of ether oxygens (including phenoxy) is 1. The molecule has 5 heteroatoms. The topological polar surface area (TPSA) is 46.5 Å². The fourth-order valence-corrected chi connectivity index (χ4v) is 2.79. The summed E-state index contributed by atoms with van der Waals surface area (Å²) in [6.45, 7) is 4.49. The molecule has 0 aliphatic carbocycles. The van der Waals surface area contributed by atoms with Crippen LogP contribution in [0.1, 0.15) is 18.5 Å². The summed E-state index contributed by atoms with van der Waals surface area (Å²) in [5.74, 6) is 0.134. The van der Waals surface area contributed by atoms with Crippen molar-refractivity contribution in [1.82, 2.24) is 14.8 Å². The Bertz CT molecular complexity index is 438. The van der Waals surface area contributed by atoms with Crippen molar-refractivity contribution in [1.29, 1.82) is 0 Å². The maximum Gasteiger partial charge on any atom is 0.248 e. The first kappa shape index (κ1) is 12.7. The Hall–Kier alpha value is -1.33. The predicted molar refractivity (Wildman–Crippen MR) is 71.7 cm³/mol. The SMILES string of the molecule is O=C(CO[C@@H]1CNCc2cccn2C1)N1CCCC1. The minimum atomic E-state index is 0.0696. The lowest BCUT2D eigenvalue weighted by molar-refractivity contribution is -0.137. The molecule has 0 radical (unpaired) electrons. The van der Waals surface area contributed by atoms with E-state index in [4.69, 9.17) is 4.74 Å². The number of nitrogens with zero attached hydrogens (tertiary/aromatic N) is 2. The molecule has 0 aromatic carbocycles. The third-order valence-electron chi connectivity index (χ3n) is 3.90. The highest BCUT2D eigenvalue weighted by Gasteiger charge is 2.21. The highest BCUT2D eigenvalue weighted by atomic mass is 16.5. The minimum Gasteiger partial charge on any atom is -0.365 e. The summed E-state index contributed by atoms with van der Waals surface area (Å²) in [5, 5.41) is 3.36. The smallest absolute Gasteiger partial charge is 0.248 e. The Kier molecular flexibility index (Phi) is 3.84. The van der Waals surface area contributed by atoms with Gasteiger partial charge in [0.1, 0.15) is 6.61 Å². The molecule has 2 aliphatic heterocycles. The molecule has 0 saturated carbocycles. The van der Waals surface area contributed by atoms with Crippen molar-refractivity contribution in [3.8, 4) is 0 Å². The first-order valence-corrected chi connectivity index (χ1v) is 7.07. The molecule has 1 saturated heterocycles. The maximum absolute atomic E-state index is 11.9. The van der Waals surface area contributed by atoms with Gasteiger partial charge in [0.05, 0.1) is 6.10 Å². The van der Waals surface area contributed by atoms with Crippen LogP contribution in [0.5, 0.6) is 0 Å². The molecule has 3 heterocycles. The molecule has 104 valence electrons. The highest BCUT2D eigenvalue weighted by Crippen LogP contribution is 2.11. The van der Waals surface area contributed by atoms with Crippen LogP contribution in [0.2, 0.25) is 0 Å². The van der Waals surface area contributed by atoms with Crippen LogP contribution >= 0.6 is 0 Å². The molecule has 1 atom stereocenters. The van der Waals surface area contributed by atoms with Crippen molar-refractivity contribution in [3.05, 3.63) is 24.0 Å². The molecule has 3 rings (SSSR count). The quantitative estimate of drug-likeness (QED) is 0.868. The molecular weight excluding hydrogens is 242 g/mol. The van der Waals surface area contributed by atoms with Crippen LogP contribution in [-0.2, 0) is 22.6 Å². The van der Waals surface area contributed by atoms with Gasteiger partial charge in [-0.15, -0.1) is 0 Å². The number of hydrogen-bond acceptors (Lipinski definition) is 3. The number of aromatic nitrogens is 1. The fraction of sp³-hybridized carbons (Fsp3) is 0.643. The Morgan fingerprint density at radius 3 is 3.11 bits per heavy atom. The fourth-order valence-electron chi connectivity index (χ4n) is 2.79. The van der Waals surface area contributed by atoms with E-state index < -0.39 is 0 Å². The standard InChI is InChI=1S/C14H21N3O2/c18-14(16-5-1-2-6-16)11-19-13-9-15-8-12-4-3-7-17(12)10-13/h3-4,7,13,15H,1-2,5-6,8-11H2/t13-/m1/s1. The second-order valence-corrected chi connectivity index (χ2v) is 5.30. The molecule has 0 bridgehead atoms. The molecule has 2 aliphatic rings. The molecule has 0 spiro atoms. The Morgan fingerprint density at radius 2 is 2.26 bits per heavy atom. The Labute approximate surface area is 113 Å². The van der Waals surface area contributed by atoms with Crippen molar-refractivity contribution >= 4 is 5.91 Å². The summed E-state index contributed by atoms with van der Waals surface area (Å²) in [5.41, 5.74) is 1.27. The molecule has 19 heavy (non-hydrogen) atoms. The third kappa shape index (κ3) is 2.98. The number of carbonyl (C=O) groups is 1. The molecule has 1 fully saturated rings. The zero-order valence-corrected chi connectivity index (χ0v) is 11.2. The summed E-state index contributed by atoms with van der Waals surface area (Å²) in [6.07, 6.45) is 4.40. The predicted octanol–water partition coefficient (Wildman–Crippen LogP) is 0.599. The molecular formula is C14H21N3O2. The van der Waals surface area contributed by atoms with Gasteiger partial charge in [0.15, 0.2) is 0 Å². The van der Waals surface area contributed by atoms with E-state index in [0.717, 1.165) is 45.6 Å². The molecule has 1 aromatic rings. The maximum atomic E-state index is 11.9. The second kappa shape index (κ2) is 5.75. The number of likely N-dealkylation sites (tertiary alicyclic amines) is 1. The van der Waals surface area contributed by atoms with E-state index in [1.807, 2.05) is 4.90 Å². The average molecular weight is 263 g/mol. The highest BCUT2D eigenvalue weighted by molar-refractivity contribution is 5.77. The van der Waals surface area contributed by atoms with Crippen LogP contribution < -0.4 is 5.32 Å². The largest absolute Gasteiger partial charge is 0.365 e. The van der Waals surface area contributed by atoms with Crippen LogP contribution in [0.25, 0.3) is 0 Å². The van der Waals surface area contributed by atoms with Gasteiger partial charge in [-0.05, 0) is 25.0 Å². The van der Waals surface area contributed by atoms with Crippen molar-refractivity contribution in [3.63, 3.8) is 0 Å². The van der Waals surface area contributed by atoms with Crippen LogP contribution in [0.15, 0.2) is 18.3 Å². The van der Waals surface area contributed by atoms with E-state index in [1.165, 1.54) is 5.69 Å². The van der Waals surface area contributed by atoms with Gasteiger partial charge in [-0.1, -0.05) is 0 Å². The number of carbonyl (C=O) groups excluding carboxylic acids is 1. The molecule has 5 nitrogen and oxygen atoms in total. The zero-order valence-electron chi connectivity index (χ0n) is 11.2. The molecule has 1 amide bonds. The van der Waals surface area contributed by atoms with Crippen molar-refractivity contribution in [2.45, 2.75) is 32.0 Å². The van der Waals surface area contributed by atoms with Crippen molar-refractivity contribution in [2.75, 3.05) is 26.2 Å². The normalized spacial score (nSPS) is 23.2. The third-order valence-corrected chi connectivity index (χ3v) is 3.90. The number of rotatable bonds is 3. The molecule has 1 aromatic heterocycles. The summed E-state index contributed by atoms with van der Waals surface area (Å²) in [4.78, 5) is 13.9. The van der Waals surface area contributed by atoms with Crippen LogP contribution in [0.4, 0.5) is 0 Å². The lowest BCUT2D eigenvalue weighted by atomic mass is 10.3. The summed E-state index contributed by atoms with van der Waals surface area (Å²) >= 11 is 0. The second-order valence-electron chi connectivity index (χ2n) is 5.30. The lowest BCUT2D eigenvalue weighted by Gasteiger charge is -2.19. The van der Waals surface area contributed by atoms with Gasteiger partial charge in [-0.3, -0.25) is 4.79 Å². The first-order valence-electron chi connectivity index (χ1n) is 7.07. The van der Waals surface area contributed by atoms with Gasteiger partial charge in [-0.2, -0.15) is 0 Å². The lowest BCUT2D eigenvalue weighted by Crippen LogP contribution is -2.36. The van der Waals surface area contributed by atoms with E-state index in [-0.39, 0.29) is 18.6 Å². The van der Waals surface area contributed by atoms with E-state index >= 15 is 0 Å². The van der Waals surface area contributed by atoms with Gasteiger partial charge in [-0.25, -0.2) is 0 Å². The van der Waals surface area contributed by atoms with E-state index in [2.05, 4.69) is 28.2 Å². The monoisotopic (exact) mass is 263 g/mol. The number of hydrogen-bond donors (Lipinski definition) is 1. The summed E-state index contributed by atoms with van der Waals surface area (Å²) < 4.78 is 7.99. The van der Waals surface area contributed by atoms with Crippen LogP contribution in [0.3, 0.4) is 0 Å².